The molecule has 3 nitrogen and oxygen atoms in total. The molecule has 0 aliphatic rings. The van der Waals surface area contributed by atoms with E-state index >= 15 is 0 Å². The van der Waals surface area contributed by atoms with Crippen molar-refractivity contribution in [3.8, 4) is 0 Å². The molecule has 0 saturated heterocycles. The summed E-state index contributed by atoms with van der Waals surface area (Å²) in [6.45, 7) is 4.18. The second kappa shape index (κ2) is 6.44. The highest BCUT2D eigenvalue weighted by Crippen LogP contribution is 2.20. The van der Waals surface area contributed by atoms with E-state index in [9.17, 15) is 4.79 Å². The van der Waals surface area contributed by atoms with E-state index in [1.54, 1.807) is 0 Å². The van der Waals surface area contributed by atoms with Crippen LogP contribution in [0.1, 0.15) is 18.1 Å². The molecule has 0 fully saturated rings. The highest BCUT2D eigenvalue weighted by atomic mass is 35.5. The van der Waals surface area contributed by atoms with E-state index in [1.807, 2.05) is 49.4 Å². The summed E-state index contributed by atoms with van der Waals surface area (Å²) in [7, 11) is 0. The minimum absolute atomic E-state index is 0.0623. The molecule has 0 atom stereocenters. The Morgan fingerprint density at radius 3 is 2.65 bits per heavy atom. The van der Waals surface area contributed by atoms with Gasteiger partial charge in [-0.1, -0.05) is 23.7 Å². The predicted octanol–water partition coefficient (Wildman–Crippen LogP) is 4.22. The Morgan fingerprint density at radius 1 is 1.20 bits per heavy atom. The minimum atomic E-state index is -0.0623. The standard InChI is InChI=1S/C16H17ClN2O/c1-11-8-15(6-7-16(11)19-12(2)20)18-10-13-4-3-5-14(17)9-13/h3-9,18H,10H2,1-2H3,(H,19,20). The number of anilines is 2. The maximum absolute atomic E-state index is 11.1. The third-order valence-corrected chi connectivity index (χ3v) is 3.16. The van der Waals surface area contributed by atoms with Gasteiger partial charge in [-0.15, -0.1) is 0 Å². The van der Waals surface area contributed by atoms with Gasteiger partial charge in [-0.25, -0.2) is 0 Å². The lowest BCUT2D eigenvalue weighted by Crippen LogP contribution is -2.07. The molecule has 0 heterocycles. The first-order valence-electron chi connectivity index (χ1n) is 6.41. The Kier molecular flexibility index (Phi) is 4.64. The molecule has 104 valence electrons. The molecule has 1 amide bonds. The summed E-state index contributed by atoms with van der Waals surface area (Å²) < 4.78 is 0. The van der Waals surface area contributed by atoms with E-state index < -0.39 is 0 Å². The maximum Gasteiger partial charge on any atom is 0.221 e. The summed E-state index contributed by atoms with van der Waals surface area (Å²) in [5, 5.41) is 6.87. The molecule has 0 aliphatic carbocycles. The van der Waals surface area contributed by atoms with Crippen molar-refractivity contribution in [3.05, 3.63) is 58.6 Å². The van der Waals surface area contributed by atoms with Crippen LogP contribution in [-0.4, -0.2) is 5.91 Å². The van der Waals surface area contributed by atoms with Gasteiger partial charge in [-0.3, -0.25) is 4.79 Å². The first-order chi connectivity index (χ1) is 9.54. The van der Waals surface area contributed by atoms with Gasteiger partial charge in [-0.2, -0.15) is 0 Å². The quantitative estimate of drug-likeness (QED) is 0.884. The third kappa shape index (κ3) is 4.00. The van der Waals surface area contributed by atoms with Crippen LogP contribution in [0.4, 0.5) is 11.4 Å². The number of aryl methyl sites for hydroxylation is 1. The number of halogens is 1. The summed E-state index contributed by atoms with van der Waals surface area (Å²) >= 11 is 5.95. The van der Waals surface area contributed by atoms with Gasteiger partial charge in [0.1, 0.15) is 0 Å². The van der Waals surface area contributed by atoms with Crippen LogP contribution in [0.15, 0.2) is 42.5 Å². The molecule has 2 rings (SSSR count). The number of benzene rings is 2. The number of rotatable bonds is 4. The SMILES string of the molecule is CC(=O)Nc1ccc(NCc2cccc(Cl)c2)cc1C. The van der Waals surface area contributed by atoms with E-state index in [-0.39, 0.29) is 5.91 Å². The molecule has 0 unspecified atom stereocenters. The van der Waals surface area contributed by atoms with Gasteiger partial charge in [0.15, 0.2) is 0 Å². The van der Waals surface area contributed by atoms with E-state index in [0.717, 1.165) is 27.5 Å². The van der Waals surface area contributed by atoms with Crippen LogP contribution >= 0.6 is 11.6 Å². The van der Waals surface area contributed by atoms with Crippen molar-refractivity contribution in [1.29, 1.82) is 0 Å². The minimum Gasteiger partial charge on any atom is -0.381 e. The molecule has 2 aromatic rings. The molecule has 0 saturated carbocycles. The van der Waals surface area contributed by atoms with Crippen molar-refractivity contribution in [3.63, 3.8) is 0 Å². The predicted molar refractivity (Wildman–Crippen MR) is 84.3 cm³/mol. The van der Waals surface area contributed by atoms with Crippen LogP contribution in [0.25, 0.3) is 0 Å². The largest absolute Gasteiger partial charge is 0.381 e. The Bertz CT molecular complexity index is 626. The lowest BCUT2D eigenvalue weighted by molar-refractivity contribution is -0.114. The monoisotopic (exact) mass is 288 g/mol. The molecular formula is C16H17ClN2O. The molecule has 0 aliphatic heterocycles. The Balaban J connectivity index is 2.03. The van der Waals surface area contributed by atoms with Crippen molar-refractivity contribution in [1.82, 2.24) is 0 Å². The van der Waals surface area contributed by atoms with Crippen molar-refractivity contribution in [2.45, 2.75) is 20.4 Å². The van der Waals surface area contributed by atoms with E-state index in [0.29, 0.717) is 6.54 Å². The second-order valence-corrected chi connectivity index (χ2v) is 5.13. The molecule has 0 radical (unpaired) electrons. The molecule has 2 N–H and O–H groups in total. The van der Waals surface area contributed by atoms with Gasteiger partial charge in [0.05, 0.1) is 0 Å². The number of hydrogen-bond donors (Lipinski definition) is 2. The topological polar surface area (TPSA) is 41.1 Å². The normalized spacial score (nSPS) is 10.2. The fourth-order valence-corrected chi connectivity index (χ4v) is 2.17. The smallest absolute Gasteiger partial charge is 0.221 e. The molecule has 20 heavy (non-hydrogen) atoms. The summed E-state index contributed by atoms with van der Waals surface area (Å²) in [5.41, 5.74) is 4.00. The zero-order valence-electron chi connectivity index (χ0n) is 11.5. The van der Waals surface area contributed by atoms with E-state index in [4.69, 9.17) is 11.6 Å². The summed E-state index contributed by atoms with van der Waals surface area (Å²) in [6.07, 6.45) is 0. The van der Waals surface area contributed by atoms with Crippen molar-refractivity contribution < 1.29 is 4.79 Å². The highest BCUT2D eigenvalue weighted by Gasteiger charge is 2.02. The lowest BCUT2D eigenvalue weighted by atomic mass is 10.1. The van der Waals surface area contributed by atoms with Crippen molar-refractivity contribution >= 4 is 28.9 Å². The van der Waals surface area contributed by atoms with Gasteiger partial charge >= 0.3 is 0 Å². The zero-order valence-corrected chi connectivity index (χ0v) is 12.3. The Hall–Kier alpha value is -2.00. The first-order valence-corrected chi connectivity index (χ1v) is 6.79. The van der Waals surface area contributed by atoms with Crippen LogP contribution in [0.3, 0.4) is 0 Å². The number of carbonyl (C=O) groups is 1. The lowest BCUT2D eigenvalue weighted by Gasteiger charge is -2.11. The van der Waals surface area contributed by atoms with E-state index in [2.05, 4.69) is 10.6 Å². The van der Waals surface area contributed by atoms with Crippen molar-refractivity contribution in [2.24, 2.45) is 0 Å². The number of carbonyl (C=O) groups excluding carboxylic acids is 1. The average Bonchev–Trinajstić information content (AvgIpc) is 2.39. The second-order valence-electron chi connectivity index (χ2n) is 4.69. The summed E-state index contributed by atoms with van der Waals surface area (Å²) in [4.78, 5) is 11.1. The van der Waals surface area contributed by atoms with Gasteiger partial charge in [0.25, 0.3) is 0 Å². The molecule has 0 spiro atoms. The number of nitrogens with one attached hydrogen (secondary N) is 2. The molecule has 0 bridgehead atoms. The van der Waals surface area contributed by atoms with Crippen LogP contribution in [-0.2, 0) is 11.3 Å². The Morgan fingerprint density at radius 2 is 2.00 bits per heavy atom. The van der Waals surface area contributed by atoms with E-state index in [1.165, 1.54) is 6.92 Å². The van der Waals surface area contributed by atoms with Gasteiger partial charge in [-0.05, 0) is 48.4 Å². The van der Waals surface area contributed by atoms with Gasteiger partial charge < -0.3 is 10.6 Å². The van der Waals surface area contributed by atoms with Crippen LogP contribution in [0.5, 0.6) is 0 Å². The molecule has 4 heteroatoms. The molecule has 0 aromatic heterocycles. The number of hydrogen-bond acceptors (Lipinski definition) is 2. The van der Waals surface area contributed by atoms with Crippen LogP contribution < -0.4 is 10.6 Å². The van der Waals surface area contributed by atoms with Gasteiger partial charge in [0, 0.05) is 29.9 Å². The molecule has 2 aromatic carbocycles. The Labute approximate surface area is 124 Å². The van der Waals surface area contributed by atoms with Crippen LogP contribution in [0.2, 0.25) is 5.02 Å². The maximum atomic E-state index is 11.1. The highest BCUT2D eigenvalue weighted by molar-refractivity contribution is 6.30. The fourth-order valence-electron chi connectivity index (χ4n) is 1.95. The number of amides is 1. The van der Waals surface area contributed by atoms with Crippen LogP contribution in [0, 0.1) is 6.92 Å². The zero-order chi connectivity index (χ0) is 14.5. The third-order valence-electron chi connectivity index (χ3n) is 2.92. The van der Waals surface area contributed by atoms with Crippen molar-refractivity contribution in [2.75, 3.05) is 10.6 Å². The first kappa shape index (κ1) is 14.4. The summed E-state index contributed by atoms with van der Waals surface area (Å²) in [5.74, 6) is -0.0623. The fraction of sp³-hybridized carbons (Fsp3) is 0.188. The molecular weight excluding hydrogens is 272 g/mol. The van der Waals surface area contributed by atoms with Gasteiger partial charge in [0.2, 0.25) is 5.91 Å². The average molecular weight is 289 g/mol. The summed E-state index contributed by atoms with van der Waals surface area (Å²) in [6, 6.07) is 13.6.